The van der Waals surface area contributed by atoms with Gasteiger partial charge in [0, 0.05) is 6.42 Å². The first-order chi connectivity index (χ1) is 8.76. The van der Waals surface area contributed by atoms with Gasteiger partial charge >= 0.3 is 18.8 Å². The van der Waals surface area contributed by atoms with Crippen molar-refractivity contribution >= 4 is 6.47 Å². The van der Waals surface area contributed by atoms with Crippen LogP contribution in [0.2, 0.25) is 0 Å². The van der Waals surface area contributed by atoms with Crippen molar-refractivity contribution in [3.05, 3.63) is 29.8 Å². The lowest BCUT2D eigenvalue weighted by atomic mass is 10.1. The average molecular weight is 283 g/mol. The number of benzene rings is 1. The van der Waals surface area contributed by atoms with E-state index < -0.39 is 18.0 Å². The summed E-state index contributed by atoms with van der Waals surface area (Å²) < 4.78 is 68.9. The average Bonchev–Trinajstić information content (AvgIpc) is 2.27. The summed E-state index contributed by atoms with van der Waals surface area (Å²) in [5.41, 5.74) is 0.380. The lowest BCUT2D eigenvalue weighted by Gasteiger charge is -2.20. The second-order valence-electron chi connectivity index (χ2n) is 3.45. The fourth-order valence-corrected chi connectivity index (χ4v) is 1.18. The number of carbonyl (C=O) groups excluding carboxylic acids is 1. The van der Waals surface area contributed by atoms with Crippen LogP contribution < -0.4 is 4.74 Å². The Bertz CT molecular complexity index is 431. The predicted molar refractivity (Wildman–Crippen MR) is 53.4 cm³/mol. The molecular formula is C11H8F5O3. The molecule has 1 radical (unpaired) electrons. The number of rotatable bonds is 6. The molecule has 0 aliphatic heterocycles. The lowest BCUT2D eigenvalue weighted by molar-refractivity contribution is -0.360. The molecular weight excluding hydrogens is 275 g/mol. The van der Waals surface area contributed by atoms with E-state index in [0.29, 0.717) is 5.56 Å². The van der Waals surface area contributed by atoms with Crippen LogP contribution in [0, 0.1) is 0 Å². The summed E-state index contributed by atoms with van der Waals surface area (Å²) >= 11 is 0. The first-order valence-corrected chi connectivity index (χ1v) is 4.98. The van der Waals surface area contributed by atoms with Crippen LogP contribution in [0.25, 0.3) is 0 Å². The fourth-order valence-electron chi connectivity index (χ4n) is 1.18. The smallest absolute Gasteiger partial charge is 0.457 e. The molecule has 19 heavy (non-hydrogen) atoms. The minimum absolute atomic E-state index is 0.0668. The molecule has 0 bridgehead atoms. The molecule has 1 rings (SSSR count). The molecule has 0 saturated carbocycles. The first-order valence-electron chi connectivity index (χ1n) is 4.98. The van der Waals surface area contributed by atoms with Crippen molar-refractivity contribution in [2.75, 3.05) is 6.61 Å². The van der Waals surface area contributed by atoms with Gasteiger partial charge in [0.1, 0.15) is 5.75 Å². The molecule has 0 N–H and O–H groups in total. The fraction of sp³-hybridized carbons (Fsp3) is 0.364. The van der Waals surface area contributed by atoms with Gasteiger partial charge in [0.25, 0.3) is 0 Å². The highest BCUT2D eigenvalue weighted by Crippen LogP contribution is 2.37. The summed E-state index contributed by atoms with van der Waals surface area (Å²) in [5.74, 6) is -0.630. The van der Waals surface area contributed by atoms with E-state index in [1.807, 2.05) is 0 Å². The molecule has 0 spiro atoms. The van der Waals surface area contributed by atoms with E-state index in [4.69, 9.17) is 0 Å². The molecule has 0 saturated heterocycles. The van der Waals surface area contributed by atoms with E-state index in [2.05, 4.69) is 9.47 Å². The van der Waals surface area contributed by atoms with Crippen molar-refractivity contribution in [1.29, 1.82) is 0 Å². The van der Waals surface area contributed by atoms with Crippen molar-refractivity contribution in [2.45, 2.75) is 18.7 Å². The van der Waals surface area contributed by atoms with E-state index in [1.165, 1.54) is 12.1 Å². The molecule has 0 aromatic heterocycles. The molecule has 0 heterocycles. The van der Waals surface area contributed by atoms with E-state index in [1.54, 1.807) is 0 Å². The SMILES string of the molecule is O=[C]OCCc1cccc(OC(F)(F)C(F)(F)F)c1. The molecule has 105 valence electrons. The second-order valence-corrected chi connectivity index (χ2v) is 3.45. The molecule has 3 nitrogen and oxygen atoms in total. The van der Waals surface area contributed by atoms with E-state index >= 15 is 0 Å². The van der Waals surface area contributed by atoms with Gasteiger partial charge in [-0.1, -0.05) is 12.1 Å². The maximum Gasteiger partial charge on any atom is 0.499 e. The zero-order valence-electron chi connectivity index (χ0n) is 9.34. The van der Waals surface area contributed by atoms with Crippen LogP contribution in [0.1, 0.15) is 5.56 Å². The molecule has 8 heteroatoms. The summed E-state index contributed by atoms with van der Waals surface area (Å²) in [7, 11) is 0. The van der Waals surface area contributed by atoms with Gasteiger partial charge in [0.15, 0.2) is 0 Å². The van der Waals surface area contributed by atoms with Crippen LogP contribution in [0.15, 0.2) is 24.3 Å². The van der Waals surface area contributed by atoms with E-state index in [9.17, 15) is 26.7 Å². The summed E-state index contributed by atoms with van der Waals surface area (Å²) in [4.78, 5) is 9.76. The molecule has 1 aromatic rings. The third-order valence-corrected chi connectivity index (χ3v) is 2.03. The van der Waals surface area contributed by atoms with Crippen molar-refractivity contribution in [3.8, 4) is 5.75 Å². The van der Waals surface area contributed by atoms with Crippen LogP contribution in [0.3, 0.4) is 0 Å². The maximum atomic E-state index is 12.6. The van der Waals surface area contributed by atoms with Gasteiger partial charge in [-0.15, -0.1) is 0 Å². The predicted octanol–water partition coefficient (Wildman–Crippen LogP) is 2.85. The number of hydrogen-bond acceptors (Lipinski definition) is 3. The Hall–Kier alpha value is -1.86. The van der Waals surface area contributed by atoms with Gasteiger partial charge in [0.2, 0.25) is 0 Å². The highest BCUT2D eigenvalue weighted by atomic mass is 19.4. The Balaban J connectivity index is 2.74. The van der Waals surface area contributed by atoms with Crippen LogP contribution in [0.5, 0.6) is 5.75 Å². The normalized spacial score (nSPS) is 12.1. The highest BCUT2D eigenvalue weighted by molar-refractivity contribution is 5.38. The van der Waals surface area contributed by atoms with Gasteiger partial charge in [-0.25, -0.2) is 4.79 Å². The molecule has 0 unspecified atom stereocenters. The summed E-state index contributed by atoms with van der Waals surface area (Å²) in [6.07, 6.45) is -10.9. The van der Waals surface area contributed by atoms with Gasteiger partial charge in [0.05, 0.1) is 6.61 Å². The number of alkyl halides is 5. The van der Waals surface area contributed by atoms with E-state index in [-0.39, 0.29) is 13.0 Å². The quantitative estimate of drug-likeness (QED) is 0.595. The van der Waals surface area contributed by atoms with Crippen molar-refractivity contribution in [1.82, 2.24) is 0 Å². The van der Waals surface area contributed by atoms with Crippen LogP contribution in [-0.2, 0) is 16.0 Å². The van der Waals surface area contributed by atoms with E-state index in [0.717, 1.165) is 18.6 Å². The summed E-state index contributed by atoms with van der Waals surface area (Å²) in [6.45, 7) is 1.09. The Labute approximate surface area is 104 Å². The minimum atomic E-state index is -5.79. The number of hydrogen-bond donors (Lipinski definition) is 0. The lowest BCUT2D eigenvalue weighted by Crippen LogP contribution is -2.41. The molecule has 0 fully saturated rings. The van der Waals surface area contributed by atoms with Crippen molar-refractivity contribution in [2.24, 2.45) is 0 Å². The monoisotopic (exact) mass is 283 g/mol. The first kappa shape index (κ1) is 15.2. The highest BCUT2D eigenvalue weighted by Gasteiger charge is 2.61. The topological polar surface area (TPSA) is 35.5 Å². The van der Waals surface area contributed by atoms with Gasteiger partial charge in [-0.2, -0.15) is 22.0 Å². The number of halogens is 5. The van der Waals surface area contributed by atoms with Crippen molar-refractivity contribution in [3.63, 3.8) is 0 Å². The van der Waals surface area contributed by atoms with Crippen LogP contribution in [0.4, 0.5) is 22.0 Å². The molecule has 1 aromatic carbocycles. The zero-order chi connectivity index (χ0) is 14.5. The molecule has 0 aliphatic rings. The maximum absolute atomic E-state index is 12.6. The minimum Gasteiger partial charge on any atom is -0.457 e. The third kappa shape index (κ3) is 4.38. The zero-order valence-corrected chi connectivity index (χ0v) is 9.34. The summed E-state index contributed by atoms with van der Waals surface area (Å²) in [6, 6.07) is 4.69. The molecule has 0 amide bonds. The Morgan fingerprint density at radius 2 is 1.84 bits per heavy atom. The standard InChI is InChI=1S/C11H8F5O3/c12-10(13,14)11(15,16)19-9-3-1-2-8(6-9)4-5-18-7-17/h1-3,6H,4-5H2. The Kier molecular flexibility index (Phi) is 4.68. The molecule has 0 atom stereocenters. The van der Waals surface area contributed by atoms with Gasteiger partial charge in [-0.3, -0.25) is 0 Å². The number of ether oxygens (including phenoxy) is 2. The Morgan fingerprint density at radius 1 is 1.16 bits per heavy atom. The second kappa shape index (κ2) is 5.85. The van der Waals surface area contributed by atoms with Crippen LogP contribution in [-0.4, -0.2) is 25.4 Å². The Morgan fingerprint density at radius 3 is 2.42 bits per heavy atom. The van der Waals surface area contributed by atoms with Crippen LogP contribution >= 0.6 is 0 Å². The van der Waals surface area contributed by atoms with Crippen molar-refractivity contribution < 1.29 is 36.2 Å². The third-order valence-electron chi connectivity index (χ3n) is 2.03. The van der Waals surface area contributed by atoms with Gasteiger partial charge < -0.3 is 9.47 Å². The largest absolute Gasteiger partial charge is 0.499 e. The summed E-state index contributed by atoms with van der Waals surface area (Å²) in [5, 5.41) is 0. The molecule has 0 aliphatic carbocycles. The van der Waals surface area contributed by atoms with Gasteiger partial charge in [-0.05, 0) is 17.7 Å².